The van der Waals surface area contributed by atoms with Crippen LogP contribution in [-0.4, -0.2) is 78.8 Å². The summed E-state index contributed by atoms with van der Waals surface area (Å²) in [6, 6.07) is 4.90. The number of hydrogen-bond acceptors (Lipinski definition) is 6. The summed E-state index contributed by atoms with van der Waals surface area (Å²) in [6.07, 6.45) is 9.42. The number of hydrogen-bond donors (Lipinski definition) is 2. The molecule has 2 amide bonds. The van der Waals surface area contributed by atoms with E-state index >= 15 is 0 Å². The maximum absolute atomic E-state index is 12.3. The second kappa shape index (κ2) is 8.48. The van der Waals surface area contributed by atoms with Gasteiger partial charge in [-0.05, 0) is 32.8 Å². The Kier molecular flexibility index (Phi) is 5.50. The molecule has 2 fully saturated rings. The van der Waals surface area contributed by atoms with Crippen LogP contribution in [0, 0.1) is 11.3 Å². The number of amides is 2. The number of aromatic amines is 1. The number of carbonyl (C=O) groups is 1. The number of nitrogens with zero attached hydrogens (tertiary/aromatic N) is 7. The molecule has 10 heteroatoms. The highest BCUT2D eigenvalue weighted by Crippen LogP contribution is 2.45. The van der Waals surface area contributed by atoms with Crippen LogP contribution in [0.15, 0.2) is 31.0 Å². The van der Waals surface area contributed by atoms with Gasteiger partial charge in [0.1, 0.15) is 12.0 Å². The average molecular weight is 448 g/mol. The average Bonchev–Trinajstić information content (AvgIpc) is 3.45. The molecule has 2 aliphatic rings. The van der Waals surface area contributed by atoms with E-state index in [-0.39, 0.29) is 17.6 Å². The van der Waals surface area contributed by atoms with Crippen molar-refractivity contribution >= 4 is 17.1 Å². The summed E-state index contributed by atoms with van der Waals surface area (Å²) in [6.45, 7) is 7.12. The molecule has 0 bridgehead atoms. The van der Waals surface area contributed by atoms with Gasteiger partial charge in [-0.1, -0.05) is 0 Å². The molecule has 4 heterocycles. The Morgan fingerprint density at radius 2 is 2.09 bits per heavy atom. The molecule has 1 saturated carbocycles. The van der Waals surface area contributed by atoms with Gasteiger partial charge in [-0.25, -0.2) is 14.8 Å². The monoisotopic (exact) mass is 447 g/mol. The summed E-state index contributed by atoms with van der Waals surface area (Å²) in [4.78, 5) is 28.4. The first-order chi connectivity index (χ1) is 16.0. The summed E-state index contributed by atoms with van der Waals surface area (Å²) in [7, 11) is 0. The van der Waals surface area contributed by atoms with Crippen LogP contribution in [0.5, 0.6) is 0 Å². The zero-order valence-corrected chi connectivity index (χ0v) is 19.0. The van der Waals surface area contributed by atoms with Crippen LogP contribution in [0.2, 0.25) is 0 Å². The van der Waals surface area contributed by atoms with Gasteiger partial charge in [0.25, 0.3) is 0 Å². The fourth-order valence-electron chi connectivity index (χ4n) is 5.07. The van der Waals surface area contributed by atoms with Gasteiger partial charge in [-0.2, -0.15) is 10.4 Å². The van der Waals surface area contributed by atoms with Crippen LogP contribution in [0.25, 0.3) is 22.3 Å². The Labute approximate surface area is 192 Å². The standard InChI is InChI=1S/C23H29N9O/c1-16(2)29-22(33)31-9-7-30(8-10-31)18-11-23(12-18,4-5-24)32-14-17(13-28-32)20-19-3-6-25-21(19)27-15-26-20/h3,6,13-16,18H,4,7-12H2,1-2H3,(H,29,33)(H,25,26,27)/t18-,23+. The first-order valence-electron chi connectivity index (χ1n) is 11.5. The molecule has 172 valence electrons. The molecule has 1 aliphatic carbocycles. The summed E-state index contributed by atoms with van der Waals surface area (Å²) in [5.41, 5.74) is 2.26. The predicted octanol–water partition coefficient (Wildman–Crippen LogP) is 2.33. The molecule has 5 rings (SSSR count). The minimum absolute atomic E-state index is 0.0161. The second-order valence-electron chi connectivity index (χ2n) is 9.38. The van der Waals surface area contributed by atoms with Gasteiger partial charge in [0, 0.05) is 61.6 Å². The van der Waals surface area contributed by atoms with Crippen molar-refractivity contribution in [2.45, 2.75) is 50.7 Å². The van der Waals surface area contributed by atoms with Gasteiger partial charge < -0.3 is 15.2 Å². The Balaban J connectivity index is 1.26. The van der Waals surface area contributed by atoms with Crippen LogP contribution in [0.3, 0.4) is 0 Å². The molecule has 33 heavy (non-hydrogen) atoms. The Hall–Kier alpha value is -3.45. The molecule has 0 spiro atoms. The fourth-order valence-corrected chi connectivity index (χ4v) is 5.07. The van der Waals surface area contributed by atoms with Crippen molar-refractivity contribution in [3.63, 3.8) is 0 Å². The Bertz CT molecular complexity index is 1180. The molecule has 10 nitrogen and oxygen atoms in total. The van der Waals surface area contributed by atoms with Crippen molar-refractivity contribution in [3.8, 4) is 17.3 Å². The number of fused-ring (bicyclic) bond motifs is 1. The topological polar surface area (TPSA) is 119 Å². The lowest BCUT2D eigenvalue weighted by Gasteiger charge is -2.52. The van der Waals surface area contributed by atoms with E-state index in [9.17, 15) is 10.1 Å². The maximum Gasteiger partial charge on any atom is 0.317 e. The number of carbonyl (C=O) groups excluding carboxylic acids is 1. The van der Waals surface area contributed by atoms with E-state index in [1.165, 1.54) is 0 Å². The molecule has 1 saturated heterocycles. The van der Waals surface area contributed by atoms with Gasteiger partial charge in [-0.15, -0.1) is 0 Å². The number of nitriles is 1. The van der Waals surface area contributed by atoms with E-state index in [1.54, 1.807) is 6.33 Å². The molecular formula is C23H29N9O. The van der Waals surface area contributed by atoms with Crippen molar-refractivity contribution < 1.29 is 4.79 Å². The molecular weight excluding hydrogens is 418 g/mol. The van der Waals surface area contributed by atoms with Crippen molar-refractivity contribution in [1.29, 1.82) is 5.26 Å². The number of H-pyrrole nitrogens is 1. The van der Waals surface area contributed by atoms with Crippen LogP contribution < -0.4 is 5.32 Å². The lowest BCUT2D eigenvalue weighted by molar-refractivity contribution is -0.0130. The smallest absolute Gasteiger partial charge is 0.317 e. The summed E-state index contributed by atoms with van der Waals surface area (Å²) >= 11 is 0. The van der Waals surface area contributed by atoms with Gasteiger partial charge in [0.15, 0.2) is 0 Å². The largest absolute Gasteiger partial charge is 0.346 e. The van der Waals surface area contributed by atoms with Crippen molar-refractivity contribution in [1.82, 2.24) is 39.8 Å². The van der Waals surface area contributed by atoms with Gasteiger partial charge in [0.05, 0.1) is 29.9 Å². The molecule has 0 unspecified atom stereocenters. The zero-order valence-electron chi connectivity index (χ0n) is 19.0. The molecule has 0 atom stereocenters. The number of rotatable bonds is 5. The molecule has 3 aromatic rings. The van der Waals surface area contributed by atoms with E-state index in [2.05, 4.69) is 36.3 Å². The third-order valence-electron chi connectivity index (χ3n) is 6.87. The number of aromatic nitrogens is 5. The third-order valence-corrected chi connectivity index (χ3v) is 6.87. The van der Waals surface area contributed by atoms with Crippen LogP contribution in [-0.2, 0) is 5.54 Å². The van der Waals surface area contributed by atoms with Crippen molar-refractivity contribution in [3.05, 3.63) is 31.0 Å². The minimum Gasteiger partial charge on any atom is -0.346 e. The molecule has 0 aromatic carbocycles. The molecule has 3 aromatic heterocycles. The van der Waals surface area contributed by atoms with Crippen molar-refractivity contribution in [2.24, 2.45) is 0 Å². The quantitative estimate of drug-likeness (QED) is 0.620. The second-order valence-corrected chi connectivity index (χ2v) is 9.38. The first kappa shape index (κ1) is 21.4. The summed E-state index contributed by atoms with van der Waals surface area (Å²) < 4.78 is 1.97. The van der Waals surface area contributed by atoms with Crippen LogP contribution in [0.1, 0.15) is 33.1 Å². The fraction of sp³-hybridized carbons (Fsp3) is 0.522. The lowest BCUT2D eigenvalue weighted by Crippen LogP contribution is -2.61. The Morgan fingerprint density at radius 1 is 1.30 bits per heavy atom. The zero-order chi connectivity index (χ0) is 23.0. The molecule has 0 radical (unpaired) electrons. The SMILES string of the molecule is CC(C)NC(=O)N1CCN([C@H]2C[C@@](CC#N)(n3cc(-c4ncnc5[nH]ccc45)cn3)C2)CC1. The highest BCUT2D eigenvalue weighted by Gasteiger charge is 2.49. The number of nitrogens with one attached hydrogen (secondary N) is 2. The lowest BCUT2D eigenvalue weighted by atomic mass is 9.70. The molecule has 2 N–H and O–H groups in total. The van der Waals surface area contributed by atoms with E-state index in [4.69, 9.17) is 0 Å². The van der Waals surface area contributed by atoms with Gasteiger partial charge >= 0.3 is 6.03 Å². The highest BCUT2D eigenvalue weighted by atomic mass is 16.2. The van der Waals surface area contributed by atoms with E-state index < -0.39 is 0 Å². The third kappa shape index (κ3) is 3.93. The van der Waals surface area contributed by atoms with Gasteiger partial charge in [-0.3, -0.25) is 9.58 Å². The number of urea groups is 1. The van der Waals surface area contributed by atoms with Crippen molar-refractivity contribution in [2.75, 3.05) is 26.2 Å². The van der Waals surface area contributed by atoms with Crippen LogP contribution >= 0.6 is 0 Å². The Morgan fingerprint density at radius 3 is 2.82 bits per heavy atom. The summed E-state index contributed by atoms with van der Waals surface area (Å²) in [5.74, 6) is 0. The van der Waals surface area contributed by atoms with Gasteiger partial charge in [0.2, 0.25) is 0 Å². The first-order valence-corrected chi connectivity index (χ1v) is 11.5. The van der Waals surface area contributed by atoms with E-state index in [0.29, 0.717) is 12.5 Å². The number of piperazine rings is 1. The maximum atomic E-state index is 12.3. The van der Waals surface area contributed by atoms with E-state index in [0.717, 1.165) is 61.3 Å². The normalized spacial score (nSPS) is 23.5. The minimum atomic E-state index is -0.298. The predicted molar refractivity (Wildman–Crippen MR) is 123 cm³/mol. The van der Waals surface area contributed by atoms with E-state index in [1.807, 2.05) is 48.1 Å². The van der Waals surface area contributed by atoms with Crippen LogP contribution in [0.4, 0.5) is 4.79 Å². The highest BCUT2D eigenvalue weighted by molar-refractivity contribution is 5.90. The molecule has 1 aliphatic heterocycles. The summed E-state index contributed by atoms with van der Waals surface area (Å²) in [5, 5.41) is 18.1.